The predicted octanol–water partition coefficient (Wildman–Crippen LogP) is 3.33. The fraction of sp³-hybridized carbons (Fsp3) is 0.0588. The number of carbonyl (C=O) groups is 1. The molecule has 1 heterocycles. The van der Waals surface area contributed by atoms with Crippen LogP contribution in [0.25, 0.3) is 11.0 Å². The molecule has 0 fully saturated rings. The lowest BCUT2D eigenvalue weighted by Crippen LogP contribution is -2.02. The lowest BCUT2D eigenvalue weighted by atomic mass is 10.0. The number of rotatable bonds is 2. The van der Waals surface area contributed by atoms with E-state index in [1.807, 2.05) is 31.2 Å². The zero-order valence-electron chi connectivity index (χ0n) is 10.9. The number of fused-ring (bicyclic) bond motifs is 1. The van der Waals surface area contributed by atoms with Crippen molar-refractivity contribution in [3.8, 4) is 0 Å². The number of hydrogen-bond acceptors (Lipinski definition) is 3. The van der Waals surface area contributed by atoms with Crippen molar-refractivity contribution < 1.29 is 9.21 Å². The molecule has 3 rings (SSSR count). The normalized spacial score (nSPS) is 10.7. The third-order valence-electron chi connectivity index (χ3n) is 3.25. The smallest absolute Gasteiger partial charge is 0.336 e. The van der Waals surface area contributed by atoms with E-state index in [9.17, 15) is 9.59 Å². The van der Waals surface area contributed by atoms with Crippen LogP contribution in [0, 0.1) is 6.92 Å². The quantitative estimate of drug-likeness (QED) is 0.527. The Morgan fingerprint density at radius 2 is 1.70 bits per heavy atom. The first kappa shape index (κ1) is 12.4. The Morgan fingerprint density at radius 3 is 2.45 bits per heavy atom. The van der Waals surface area contributed by atoms with Gasteiger partial charge in [-0.15, -0.1) is 0 Å². The molecule has 1 aromatic heterocycles. The SMILES string of the molecule is Cc1cc(=O)oc2cc(C(=O)c3ccccc3)ccc12. The predicted molar refractivity (Wildman–Crippen MR) is 77.1 cm³/mol. The van der Waals surface area contributed by atoms with Crippen LogP contribution in [0.15, 0.2) is 63.8 Å². The lowest BCUT2D eigenvalue weighted by molar-refractivity contribution is 0.103. The van der Waals surface area contributed by atoms with Crippen molar-refractivity contribution in [3.05, 3.63) is 81.7 Å². The van der Waals surface area contributed by atoms with Gasteiger partial charge in [0.2, 0.25) is 0 Å². The number of carbonyl (C=O) groups excluding carboxylic acids is 1. The van der Waals surface area contributed by atoms with E-state index in [1.165, 1.54) is 6.07 Å². The molecule has 0 saturated carbocycles. The second-order valence-corrected chi connectivity index (χ2v) is 4.65. The van der Waals surface area contributed by atoms with Crippen molar-refractivity contribution in [2.45, 2.75) is 6.92 Å². The van der Waals surface area contributed by atoms with Gasteiger partial charge in [-0.05, 0) is 18.6 Å². The zero-order valence-corrected chi connectivity index (χ0v) is 10.9. The third-order valence-corrected chi connectivity index (χ3v) is 3.25. The summed E-state index contributed by atoms with van der Waals surface area (Å²) in [6, 6.07) is 15.7. The maximum atomic E-state index is 12.3. The fourth-order valence-electron chi connectivity index (χ4n) is 2.22. The molecular weight excluding hydrogens is 252 g/mol. The van der Waals surface area contributed by atoms with Gasteiger partial charge in [-0.3, -0.25) is 4.79 Å². The van der Waals surface area contributed by atoms with Crippen LogP contribution in [-0.4, -0.2) is 5.78 Å². The van der Waals surface area contributed by atoms with Crippen molar-refractivity contribution in [3.63, 3.8) is 0 Å². The second kappa shape index (κ2) is 4.78. The van der Waals surface area contributed by atoms with Gasteiger partial charge in [-0.1, -0.05) is 42.5 Å². The lowest BCUT2D eigenvalue weighted by Gasteiger charge is -2.04. The van der Waals surface area contributed by atoms with Gasteiger partial charge in [0.1, 0.15) is 5.58 Å². The standard InChI is InChI=1S/C17H12O3/c1-11-9-16(18)20-15-10-13(7-8-14(11)15)17(19)12-5-3-2-4-6-12/h2-10H,1H3. The molecule has 3 heteroatoms. The highest BCUT2D eigenvalue weighted by atomic mass is 16.4. The van der Waals surface area contributed by atoms with E-state index in [1.54, 1.807) is 24.3 Å². The van der Waals surface area contributed by atoms with E-state index in [2.05, 4.69) is 0 Å². The highest BCUT2D eigenvalue weighted by Crippen LogP contribution is 2.19. The van der Waals surface area contributed by atoms with Gasteiger partial charge < -0.3 is 4.42 Å². The van der Waals surface area contributed by atoms with Crippen molar-refractivity contribution in [1.82, 2.24) is 0 Å². The summed E-state index contributed by atoms with van der Waals surface area (Å²) in [5, 5.41) is 0.842. The second-order valence-electron chi connectivity index (χ2n) is 4.65. The number of benzene rings is 2. The van der Waals surface area contributed by atoms with Gasteiger partial charge in [0.25, 0.3) is 0 Å². The van der Waals surface area contributed by atoms with E-state index in [-0.39, 0.29) is 5.78 Å². The van der Waals surface area contributed by atoms with Crippen molar-refractivity contribution in [2.75, 3.05) is 0 Å². The van der Waals surface area contributed by atoms with Gasteiger partial charge in [0.15, 0.2) is 5.78 Å². The van der Waals surface area contributed by atoms with Gasteiger partial charge in [-0.2, -0.15) is 0 Å². The van der Waals surface area contributed by atoms with Gasteiger partial charge in [0.05, 0.1) is 0 Å². The van der Waals surface area contributed by atoms with Crippen LogP contribution in [0.5, 0.6) is 0 Å². The van der Waals surface area contributed by atoms with Gasteiger partial charge in [-0.25, -0.2) is 4.79 Å². The first-order chi connectivity index (χ1) is 9.65. The van der Waals surface area contributed by atoms with E-state index < -0.39 is 5.63 Å². The molecule has 0 amide bonds. The third kappa shape index (κ3) is 2.14. The van der Waals surface area contributed by atoms with Crippen molar-refractivity contribution in [1.29, 1.82) is 0 Å². The monoisotopic (exact) mass is 264 g/mol. The average Bonchev–Trinajstić information content (AvgIpc) is 2.46. The summed E-state index contributed by atoms with van der Waals surface area (Å²) in [6.07, 6.45) is 0. The minimum atomic E-state index is -0.403. The van der Waals surface area contributed by atoms with Crippen LogP contribution < -0.4 is 5.63 Å². The molecule has 0 unspecified atom stereocenters. The number of hydrogen-bond donors (Lipinski definition) is 0. The molecule has 0 aliphatic rings. The maximum absolute atomic E-state index is 12.3. The molecule has 0 radical (unpaired) electrons. The molecule has 0 bridgehead atoms. The van der Waals surface area contributed by atoms with Gasteiger partial charge >= 0.3 is 5.63 Å². The summed E-state index contributed by atoms with van der Waals surface area (Å²) < 4.78 is 5.16. The van der Waals surface area contributed by atoms with E-state index in [0.717, 1.165) is 10.9 Å². The first-order valence-corrected chi connectivity index (χ1v) is 6.29. The van der Waals surface area contributed by atoms with Crippen molar-refractivity contribution in [2.24, 2.45) is 0 Å². The Labute approximate surface area is 115 Å². The molecule has 98 valence electrons. The average molecular weight is 264 g/mol. The molecule has 0 saturated heterocycles. The molecule has 3 nitrogen and oxygen atoms in total. The van der Waals surface area contributed by atoms with Crippen LogP contribution in [-0.2, 0) is 0 Å². The minimum absolute atomic E-state index is 0.0864. The molecule has 20 heavy (non-hydrogen) atoms. The van der Waals surface area contributed by atoms with Crippen LogP contribution >= 0.6 is 0 Å². The highest BCUT2D eigenvalue weighted by molar-refractivity contribution is 6.10. The fourth-order valence-corrected chi connectivity index (χ4v) is 2.22. The van der Waals surface area contributed by atoms with Crippen LogP contribution in [0.1, 0.15) is 21.5 Å². The Morgan fingerprint density at radius 1 is 0.950 bits per heavy atom. The van der Waals surface area contributed by atoms with E-state index in [0.29, 0.717) is 16.7 Å². The maximum Gasteiger partial charge on any atom is 0.336 e. The molecular formula is C17H12O3. The Balaban J connectivity index is 2.14. The Kier molecular flexibility index (Phi) is 2.95. The molecule has 2 aromatic carbocycles. The number of ketones is 1. The van der Waals surface area contributed by atoms with Crippen molar-refractivity contribution >= 4 is 16.8 Å². The minimum Gasteiger partial charge on any atom is -0.423 e. The van der Waals surface area contributed by atoms with Gasteiger partial charge in [0, 0.05) is 22.6 Å². The summed E-state index contributed by atoms with van der Waals surface area (Å²) in [7, 11) is 0. The molecule has 3 aromatic rings. The topological polar surface area (TPSA) is 47.3 Å². The Hall–Kier alpha value is -2.68. The largest absolute Gasteiger partial charge is 0.423 e. The summed E-state index contributed by atoms with van der Waals surface area (Å²) in [5.41, 5.74) is 2.00. The first-order valence-electron chi connectivity index (χ1n) is 6.29. The molecule has 0 aliphatic carbocycles. The van der Waals surface area contributed by atoms with E-state index in [4.69, 9.17) is 4.42 Å². The van der Waals surface area contributed by atoms with Crippen LogP contribution in [0.4, 0.5) is 0 Å². The highest BCUT2D eigenvalue weighted by Gasteiger charge is 2.11. The summed E-state index contributed by atoms with van der Waals surface area (Å²) in [4.78, 5) is 23.7. The summed E-state index contributed by atoms with van der Waals surface area (Å²) >= 11 is 0. The molecule has 0 atom stereocenters. The van der Waals surface area contributed by atoms with Crippen LogP contribution in [0.3, 0.4) is 0 Å². The zero-order chi connectivity index (χ0) is 14.1. The Bertz CT molecular complexity index is 845. The summed E-state index contributed by atoms with van der Waals surface area (Å²) in [5.74, 6) is -0.0864. The molecule has 0 spiro atoms. The summed E-state index contributed by atoms with van der Waals surface area (Å²) in [6.45, 7) is 1.85. The number of aryl methyl sites for hydroxylation is 1. The van der Waals surface area contributed by atoms with E-state index >= 15 is 0 Å². The van der Waals surface area contributed by atoms with Crippen LogP contribution in [0.2, 0.25) is 0 Å². The molecule has 0 N–H and O–H groups in total. The molecule has 0 aliphatic heterocycles.